The lowest BCUT2D eigenvalue weighted by molar-refractivity contribution is -0.384. The summed E-state index contributed by atoms with van der Waals surface area (Å²) in [5.41, 5.74) is -0.910. The molecular formula is C37H55NO7. The zero-order valence-corrected chi connectivity index (χ0v) is 28.6. The van der Waals surface area contributed by atoms with Crippen LogP contribution in [0, 0.1) is 44.6 Å². The van der Waals surface area contributed by atoms with Crippen molar-refractivity contribution in [1.82, 2.24) is 0 Å². The number of nitro benzene ring substituents is 1. The number of fused-ring (bicyclic) bond motifs is 2. The fourth-order valence-corrected chi connectivity index (χ4v) is 10.2. The van der Waals surface area contributed by atoms with E-state index in [1.54, 1.807) is 0 Å². The minimum Gasteiger partial charge on any atom is -0.456 e. The van der Waals surface area contributed by atoms with E-state index in [1.165, 1.54) is 29.8 Å². The summed E-state index contributed by atoms with van der Waals surface area (Å²) in [6, 6.07) is 5.49. The van der Waals surface area contributed by atoms with E-state index in [4.69, 9.17) is 9.47 Å². The highest BCUT2D eigenvalue weighted by Gasteiger charge is 2.58. The van der Waals surface area contributed by atoms with Crippen LogP contribution in [0.4, 0.5) is 5.69 Å². The van der Waals surface area contributed by atoms with Gasteiger partial charge in [0.1, 0.15) is 6.10 Å². The van der Waals surface area contributed by atoms with Gasteiger partial charge >= 0.3 is 5.97 Å². The van der Waals surface area contributed by atoms with Gasteiger partial charge in [0, 0.05) is 12.1 Å². The summed E-state index contributed by atoms with van der Waals surface area (Å²) >= 11 is 0. The number of aliphatic hydroxyl groups is 2. The van der Waals surface area contributed by atoms with Gasteiger partial charge in [0.15, 0.2) is 0 Å². The topological polar surface area (TPSA) is 119 Å². The number of nitrogens with zero attached hydrogens (tertiary/aromatic N) is 1. The number of hydrogen-bond acceptors (Lipinski definition) is 7. The first kappa shape index (κ1) is 34.1. The largest absolute Gasteiger partial charge is 0.456 e. The van der Waals surface area contributed by atoms with Gasteiger partial charge in [0.2, 0.25) is 0 Å². The third-order valence-electron chi connectivity index (χ3n) is 13.0. The Morgan fingerprint density at radius 1 is 0.933 bits per heavy atom. The van der Waals surface area contributed by atoms with Gasteiger partial charge in [-0.3, -0.25) is 10.1 Å². The second-order valence-corrected chi connectivity index (χ2v) is 16.6. The number of allylic oxidation sites excluding steroid dienone is 2. The minimum atomic E-state index is -0.847. The van der Waals surface area contributed by atoms with Crippen molar-refractivity contribution in [2.24, 2.45) is 34.5 Å². The predicted octanol–water partition coefficient (Wildman–Crippen LogP) is 7.79. The molecule has 1 aromatic rings. The van der Waals surface area contributed by atoms with E-state index in [0.29, 0.717) is 24.7 Å². The van der Waals surface area contributed by atoms with Crippen molar-refractivity contribution >= 4 is 11.7 Å². The maximum atomic E-state index is 13.2. The van der Waals surface area contributed by atoms with Crippen molar-refractivity contribution in [3.05, 3.63) is 51.6 Å². The van der Waals surface area contributed by atoms with Crippen LogP contribution in [0.2, 0.25) is 0 Å². The van der Waals surface area contributed by atoms with Gasteiger partial charge in [-0.15, -0.1) is 0 Å². The molecular weight excluding hydrogens is 570 g/mol. The number of non-ortho nitro benzene ring substituents is 1. The highest BCUT2D eigenvalue weighted by molar-refractivity contribution is 5.89. The Balaban J connectivity index is 1.35. The molecule has 1 aliphatic heterocycles. The zero-order valence-electron chi connectivity index (χ0n) is 28.6. The lowest BCUT2D eigenvalue weighted by Gasteiger charge is -2.54. The predicted molar refractivity (Wildman–Crippen MR) is 174 cm³/mol. The Bertz CT molecular complexity index is 1310. The Hall–Kier alpha value is -2.29. The van der Waals surface area contributed by atoms with Crippen molar-refractivity contribution in [3.8, 4) is 0 Å². The lowest BCUT2D eigenvalue weighted by Crippen LogP contribution is -2.56. The molecule has 1 saturated heterocycles. The van der Waals surface area contributed by atoms with Crippen molar-refractivity contribution in [3.63, 3.8) is 0 Å². The van der Waals surface area contributed by atoms with Crippen LogP contribution in [0.3, 0.4) is 0 Å². The molecule has 250 valence electrons. The molecule has 2 saturated carbocycles. The van der Waals surface area contributed by atoms with Crippen molar-refractivity contribution in [1.29, 1.82) is 0 Å². The molecule has 3 aliphatic carbocycles. The third kappa shape index (κ3) is 6.23. The lowest BCUT2D eigenvalue weighted by atomic mass is 9.55. The summed E-state index contributed by atoms with van der Waals surface area (Å²) in [5, 5.41) is 34.2. The molecule has 0 radical (unpaired) electrons. The monoisotopic (exact) mass is 625 g/mol. The van der Waals surface area contributed by atoms with E-state index in [9.17, 15) is 25.1 Å². The Kier molecular flexibility index (Phi) is 8.89. The van der Waals surface area contributed by atoms with Crippen molar-refractivity contribution in [2.45, 2.75) is 142 Å². The molecule has 4 aliphatic rings. The molecule has 9 atom stereocenters. The number of benzene rings is 1. The van der Waals surface area contributed by atoms with Crippen LogP contribution >= 0.6 is 0 Å². The summed E-state index contributed by atoms with van der Waals surface area (Å²) in [7, 11) is 0. The fourth-order valence-electron chi connectivity index (χ4n) is 10.2. The second kappa shape index (κ2) is 11.7. The van der Waals surface area contributed by atoms with Gasteiger partial charge < -0.3 is 19.7 Å². The Labute approximate surface area is 269 Å². The van der Waals surface area contributed by atoms with Gasteiger partial charge in [-0.05, 0) is 139 Å². The smallest absolute Gasteiger partial charge is 0.338 e. The molecule has 5 rings (SSSR count). The van der Waals surface area contributed by atoms with Crippen LogP contribution < -0.4 is 0 Å². The number of ether oxygens (including phenoxy) is 2. The molecule has 0 amide bonds. The van der Waals surface area contributed by atoms with Crippen molar-refractivity contribution in [2.75, 3.05) is 0 Å². The van der Waals surface area contributed by atoms with Gasteiger partial charge in [-0.1, -0.05) is 32.4 Å². The average molecular weight is 626 g/mol. The quantitative estimate of drug-likeness (QED) is 0.143. The van der Waals surface area contributed by atoms with E-state index in [-0.39, 0.29) is 40.0 Å². The Morgan fingerprint density at radius 2 is 1.58 bits per heavy atom. The van der Waals surface area contributed by atoms with E-state index in [1.807, 2.05) is 27.7 Å². The third-order valence-corrected chi connectivity index (χ3v) is 13.0. The molecule has 45 heavy (non-hydrogen) atoms. The molecule has 8 nitrogen and oxygen atoms in total. The molecule has 3 fully saturated rings. The number of carbonyl (C=O) groups is 1. The number of nitro groups is 1. The number of carbonyl (C=O) groups excluding carboxylic acids is 1. The summed E-state index contributed by atoms with van der Waals surface area (Å²) < 4.78 is 12.9. The molecule has 0 aromatic heterocycles. The van der Waals surface area contributed by atoms with Crippen LogP contribution in [0.25, 0.3) is 0 Å². The molecule has 8 heteroatoms. The van der Waals surface area contributed by atoms with Crippen LogP contribution in [-0.2, 0) is 9.47 Å². The molecule has 0 spiro atoms. The normalized spacial score (nSPS) is 40.7. The second-order valence-electron chi connectivity index (χ2n) is 16.6. The SMILES string of the molecule is CC1=CC[C@H]2[C@H](CC[C@]2(C)O)C(C)(C)[C@@H]1CC[C@H]1[C@]2(C)CC[C@H](OC(=O)c3ccc([N+](=O)[O-])cc3)C(C)(C)O[C@H]2CC[C@@]1(C)O. The number of hydrogen-bond donors (Lipinski definition) is 2. The van der Waals surface area contributed by atoms with Gasteiger partial charge in [0.25, 0.3) is 5.69 Å². The van der Waals surface area contributed by atoms with Gasteiger partial charge in [-0.2, -0.15) is 0 Å². The number of esters is 1. The first-order valence-corrected chi connectivity index (χ1v) is 17.0. The summed E-state index contributed by atoms with van der Waals surface area (Å²) in [6.45, 7) is 17.3. The van der Waals surface area contributed by atoms with E-state index >= 15 is 0 Å². The zero-order chi connectivity index (χ0) is 33.2. The van der Waals surface area contributed by atoms with Crippen LogP contribution in [-0.4, -0.2) is 50.1 Å². The Morgan fingerprint density at radius 3 is 2.22 bits per heavy atom. The van der Waals surface area contributed by atoms with Gasteiger partial charge in [-0.25, -0.2) is 4.79 Å². The summed E-state index contributed by atoms with van der Waals surface area (Å²) in [6.07, 6.45) is 9.16. The van der Waals surface area contributed by atoms with E-state index in [2.05, 4.69) is 33.8 Å². The number of rotatable bonds is 6. The van der Waals surface area contributed by atoms with Crippen LogP contribution in [0.5, 0.6) is 0 Å². The molecule has 0 bridgehead atoms. The summed E-state index contributed by atoms with van der Waals surface area (Å²) in [4.78, 5) is 23.7. The summed E-state index contributed by atoms with van der Waals surface area (Å²) in [5.74, 6) is 0.565. The van der Waals surface area contributed by atoms with Gasteiger partial charge in [0.05, 0.1) is 33.4 Å². The van der Waals surface area contributed by atoms with Crippen molar-refractivity contribution < 1.29 is 29.4 Å². The molecule has 2 N–H and O–H groups in total. The highest BCUT2D eigenvalue weighted by atomic mass is 16.6. The maximum Gasteiger partial charge on any atom is 0.338 e. The fraction of sp³-hybridized carbons (Fsp3) is 0.757. The van der Waals surface area contributed by atoms with E-state index in [0.717, 1.165) is 44.9 Å². The molecule has 0 unspecified atom stereocenters. The molecule has 1 heterocycles. The molecule has 1 aromatic carbocycles. The standard InChI is InChI=1S/C37H55NO7/c1-23-9-14-28-27(17-21-36(28,7)40)33(2,3)26(23)15-16-29-35(6)20-18-30(34(4,5)45-31(35)19-22-37(29,8)41)44-32(39)24-10-12-25(13-11-24)38(42)43/h9-13,26-31,40-41H,14-22H2,1-8H3/t26-,27+,28+,29+,30+,31+,35+,36+,37-/m1/s1. The maximum absolute atomic E-state index is 13.2. The minimum absolute atomic E-state index is 0.00184. The first-order chi connectivity index (χ1) is 20.8. The highest BCUT2D eigenvalue weighted by Crippen LogP contribution is 2.59. The average Bonchev–Trinajstić information content (AvgIpc) is 3.16. The van der Waals surface area contributed by atoms with E-state index < -0.39 is 33.8 Å². The van der Waals surface area contributed by atoms with Crippen LogP contribution in [0.1, 0.15) is 124 Å². The first-order valence-electron chi connectivity index (χ1n) is 17.0. The van der Waals surface area contributed by atoms with Crippen LogP contribution in [0.15, 0.2) is 35.9 Å².